The fraction of sp³-hybridized carbons (Fsp3) is 0.308. The number of benzene rings is 1. The average molecular weight is 321 g/mol. The summed E-state index contributed by atoms with van der Waals surface area (Å²) >= 11 is 0. The Morgan fingerprint density at radius 1 is 1.45 bits per heavy atom. The second kappa shape index (κ2) is 5.47. The number of sulfonamides is 1. The number of rotatable bonds is 3. The van der Waals surface area contributed by atoms with Gasteiger partial charge in [0.25, 0.3) is 0 Å². The third-order valence-corrected chi connectivity index (χ3v) is 4.96. The Labute approximate surface area is 126 Å². The van der Waals surface area contributed by atoms with Crippen LogP contribution in [0.2, 0.25) is 0 Å². The summed E-state index contributed by atoms with van der Waals surface area (Å²) in [4.78, 5) is 3.93. The smallest absolute Gasteiger partial charge is 0.241 e. The van der Waals surface area contributed by atoms with Gasteiger partial charge in [0.05, 0.1) is 16.5 Å². The van der Waals surface area contributed by atoms with E-state index in [0.29, 0.717) is 18.8 Å². The lowest BCUT2D eigenvalue weighted by atomic mass is 10.1. The third-order valence-electron chi connectivity index (χ3n) is 3.49. The van der Waals surface area contributed by atoms with Gasteiger partial charge in [0.15, 0.2) is 0 Å². The van der Waals surface area contributed by atoms with E-state index in [1.54, 1.807) is 10.8 Å². The molecular weight excluding hydrogens is 309 g/mol. The molecule has 1 aliphatic heterocycles. The van der Waals surface area contributed by atoms with Crippen LogP contribution in [0.1, 0.15) is 30.3 Å². The molecule has 1 aromatic heterocycles. The van der Waals surface area contributed by atoms with Crippen LogP contribution in [0.25, 0.3) is 0 Å². The van der Waals surface area contributed by atoms with Crippen molar-refractivity contribution in [1.29, 1.82) is 5.26 Å². The standard InChI is InChI=1S/C13H12FN5O2S/c14-11-4-3-10(6-9(11)7-15)22(20,21)18-12-2-1-5-19-13(12)16-8-17-19/h3-4,6,8,12,18H,1-2,5H2. The quantitative estimate of drug-likeness (QED) is 0.912. The number of hydrogen-bond donors (Lipinski definition) is 1. The van der Waals surface area contributed by atoms with Gasteiger partial charge >= 0.3 is 0 Å². The van der Waals surface area contributed by atoms with Crippen molar-refractivity contribution in [1.82, 2.24) is 19.5 Å². The number of halogens is 1. The zero-order valence-corrected chi connectivity index (χ0v) is 12.2. The molecule has 1 aliphatic rings. The van der Waals surface area contributed by atoms with Crippen LogP contribution in [-0.4, -0.2) is 23.2 Å². The molecule has 1 N–H and O–H groups in total. The van der Waals surface area contributed by atoms with Crippen molar-refractivity contribution in [2.45, 2.75) is 30.3 Å². The summed E-state index contributed by atoms with van der Waals surface area (Å²) in [5.74, 6) is -0.198. The van der Waals surface area contributed by atoms with E-state index in [1.807, 2.05) is 0 Å². The van der Waals surface area contributed by atoms with Crippen LogP contribution in [0.4, 0.5) is 4.39 Å². The molecular formula is C13H12FN5O2S. The van der Waals surface area contributed by atoms with Crippen molar-refractivity contribution in [3.05, 3.63) is 41.7 Å². The van der Waals surface area contributed by atoms with Crippen LogP contribution in [0, 0.1) is 17.1 Å². The second-order valence-corrected chi connectivity index (χ2v) is 6.62. The largest absolute Gasteiger partial charge is 0.248 e. The minimum atomic E-state index is -3.88. The molecule has 0 bridgehead atoms. The van der Waals surface area contributed by atoms with Gasteiger partial charge in [-0.15, -0.1) is 0 Å². The van der Waals surface area contributed by atoms with Gasteiger partial charge in [-0.3, -0.25) is 0 Å². The summed E-state index contributed by atoms with van der Waals surface area (Å²) in [6.45, 7) is 0.697. The minimum absolute atomic E-state index is 0.151. The van der Waals surface area contributed by atoms with E-state index >= 15 is 0 Å². The first-order valence-corrected chi connectivity index (χ1v) is 8.09. The van der Waals surface area contributed by atoms with Gasteiger partial charge in [0, 0.05) is 6.54 Å². The molecule has 0 saturated heterocycles. The van der Waals surface area contributed by atoms with E-state index in [0.717, 1.165) is 24.6 Å². The Morgan fingerprint density at radius 3 is 3.05 bits per heavy atom. The summed E-state index contributed by atoms with van der Waals surface area (Å²) in [7, 11) is -3.88. The van der Waals surface area contributed by atoms with E-state index in [1.165, 1.54) is 6.33 Å². The third kappa shape index (κ3) is 2.58. The molecule has 0 saturated carbocycles. The number of nitrogens with zero attached hydrogens (tertiary/aromatic N) is 4. The van der Waals surface area contributed by atoms with E-state index < -0.39 is 21.9 Å². The summed E-state index contributed by atoms with van der Waals surface area (Å²) in [6, 6.07) is 4.26. The lowest BCUT2D eigenvalue weighted by Gasteiger charge is -2.23. The zero-order valence-electron chi connectivity index (χ0n) is 11.4. The van der Waals surface area contributed by atoms with Gasteiger partial charge in [-0.2, -0.15) is 10.4 Å². The fourth-order valence-electron chi connectivity index (χ4n) is 2.41. The monoisotopic (exact) mass is 321 g/mol. The Balaban J connectivity index is 1.91. The first-order chi connectivity index (χ1) is 10.5. The van der Waals surface area contributed by atoms with Crippen LogP contribution in [0.15, 0.2) is 29.4 Å². The molecule has 7 nitrogen and oxygen atoms in total. The lowest BCUT2D eigenvalue weighted by Crippen LogP contribution is -2.33. The predicted molar refractivity (Wildman–Crippen MR) is 73.4 cm³/mol. The maximum atomic E-state index is 13.3. The SMILES string of the molecule is N#Cc1cc(S(=O)(=O)NC2CCCn3ncnc32)ccc1F. The van der Waals surface area contributed by atoms with E-state index in [9.17, 15) is 12.8 Å². The number of aromatic nitrogens is 3. The van der Waals surface area contributed by atoms with E-state index in [4.69, 9.17) is 5.26 Å². The Hall–Kier alpha value is -2.31. The lowest BCUT2D eigenvalue weighted by molar-refractivity contribution is 0.400. The number of nitrogens with one attached hydrogen (secondary N) is 1. The molecule has 0 fully saturated rings. The maximum absolute atomic E-state index is 13.3. The van der Waals surface area contributed by atoms with Crippen molar-refractivity contribution >= 4 is 10.0 Å². The molecule has 0 radical (unpaired) electrons. The molecule has 1 atom stereocenters. The highest BCUT2D eigenvalue weighted by Gasteiger charge is 2.28. The molecule has 0 aliphatic carbocycles. The molecule has 22 heavy (non-hydrogen) atoms. The highest BCUT2D eigenvalue weighted by molar-refractivity contribution is 7.89. The number of fused-ring (bicyclic) bond motifs is 1. The van der Waals surface area contributed by atoms with E-state index in [-0.39, 0.29) is 10.5 Å². The molecule has 9 heteroatoms. The molecule has 1 aromatic carbocycles. The van der Waals surface area contributed by atoms with Crippen LogP contribution < -0.4 is 4.72 Å². The minimum Gasteiger partial charge on any atom is -0.248 e. The van der Waals surface area contributed by atoms with Crippen molar-refractivity contribution in [2.75, 3.05) is 0 Å². The first-order valence-electron chi connectivity index (χ1n) is 6.61. The fourth-order valence-corrected chi connectivity index (χ4v) is 3.67. The predicted octanol–water partition coefficient (Wildman–Crippen LogP) is 1.10. The molecule has 2 aromatic rings. The average Bonchev–Trinajstić information content (AvgIpc) is 2.97. The van der Waals surface area contributed by atoms with Gasteiger partial charge in [-0.1, -0.05) is 0 Å². The first kappa shape index (κ1) is 14.6. The topological polar surface area (TPSA) is 101 Å². The Kier molecular flexibility index (Phi) is 3.64. The van der Waals surface area contributed by atoms with Crippen LogP contribution in [-0.2, 0) is 16.6 Å². The number of nitriles is 1. The Bertz CT molecular complexity index is 856. The van der Waals surface area contributed by atoms with Gasteiger partial charge in [-0.25, -0.2) is 27.2 Å². The van der Waals surface area contributed by atoms with Gasteiger partial charge in [-0.05, 0) is 31.0 Å². The van der Waals surface area contributed by atoms with E-state index in [2.05, 4.69) is 14.8 Å². The van der Waals surface area contributed by atoms with Crippen molar-refractivity contribution < 1.29 is 12.8 Å². The second-order valence-electron chi connectivity index (χ2n) is 4.91. The summed E-state index contributed by atoms with van der Waals surface area (Å²) < 4.78 is 42.3. The summed E-state index contributed by atoms with van der Waals surface area (Å²) in [6.07, 6.45) is 2.76. The van der Waals surface area contributed by atoms with Gasteiger partial charge in [0.2, 0.25) is 10.0 Å². The van der Waals surface area contributed by atoms with Crippen LogP contribution >= 0.6 is 0 Å². The van der Waals surface area contributed by atoms with Gasteiger partial charge < -0.3 is 0 Å². The molecule has 2 heterocycles. The Morgan fingerprint density at radius 2 is 2.27 bits per heavy atom. The maximum Gasteiger partial charge on any atom is 0.241 e. The molecule has 0 spiro atoms. The highest BCUT2D eigenvalue weighted by atomic mass is 32.2. The molecule has 0 amide bonds. The van der Waals surface area contributed by atoms with Crippen molar-refractivity contribution in [2.24, 2.45) is 0 Å². The summed E-state index contributed by atoms with van der Waals surface area (Å²) in [5, 5.41) is 12.8. The van der Waals surface area contributed by atoms with Gasteiger partial charge in [0.1, 0.15) is 24.0 Å². The highest BCUT2D eigenvalue weighted by Crippen LogP contribution is 2.25. The normalized spacial score (nSPS) is 17.7. The van der Waals surface area contributed by atoms with Crippen LogP contribution in [0.5, 0.6) is 0 Å². The molecule has 3 rings (SSSR count). The number of hydrogen-bond acceptors (Lipinski definition) is 5. The van der Waals surface area contributed by atoms with Crippen LogP contribution in [0.3, 0.4) is 0 Å². The molecule has 1 unspecified atom stereocenters. The molecule has 114 valence electrons. The van der Waals surface area contributed by atoms with Crippen molar-refractivity contribution in [3.63, 3.8) is 0 Å². The van der Waals surface area contributed by atoms with Crippen molar-refractivity contribution in [3.8, 4) is 6.07 Å². The zero-order chi connectivity index (χ0) is 15.7. The number of aryl methyl sites for hydroxylation is 1. The summed E-state index contributed by atoms with van der Waals surface area (Å²) in [5.41, 5.74) is -0.310.